The summed E-state index contributed by atoms with van der Waals surface area (Å²) in [6.45, 7) is 8.61. The molecule has 4 heteroatoms. The van der Waals surface area contributed by atoms with Crippen LogP contribution in [0, 0.1) is 20.8 Å². The van der Waals surface area contributed by atoms with Gasteiger partial charge in [0.05, 0.1) is 17.0 Å². The Bertz CT molecular complexity index is 1130. The van der Waals surface area contributed by atoms with Crippen molar-refractivity contribution in [1.29, 1.82) is 0 Å². The van der Waals surface area contributed by atoms with Crippen LogP contribution in [0.5, 0.6) is 0 Å². The lowest BCUT2D eigenvalue weighted by Gasteiger charge is -2.25. The first-order valence-electron chi connectivity index (χ1n) is 9.88. The number of rotatable bonds is 4. The van der Waals surface area contributed by atoms with Crippen molar-refractivity contribution in [3.05, 3.63) is 80.2 Å². The van der Waals surface area contributed by atoms with Gasteiger partial charge in [-0.15, -0.1) is 0 Å². The van der Waals surface area contributed by atoms with Crippen LogP contribution >= 0.6 is 0 Å². The van der Waals surface area contributed by atoms with Crippen molar-refractivity contribution >= 4 is 16.9 Å². The Kier molecular flexibility index (Phi) is 4.58. The Hall–Kier alpha value is -2.88. The molecule has 28 heavy (non-hydrogen) atoms. The highest BCUT2D eigenvalue weighted by atomic mass is 16.3. The van der Waals surface area contributed by atoms with Gasteiger partial charge in [-0.1, -0.05) is 49.2 Å². The summed E-state index contributed by atoms with van der Waals surface area (Å²) in [6.07, 6.45) is 1.86. The molecule has 4 rings (SSSR count). The number of amides is 1. The molecule has 0 aliphatic carbocycles. The Morgan fingerprint density at radius 3 is 2.39 bits per heavy atom. The van der Waals surface area contributed by atoms with E-state index in [0.717, 1.165) is 35.1 Å². The molecular weight excluding hydrogens is 350 g/mol. The van der Waals surface area contributed by atoms with E-state index in [9.17, 15) is 9.59 Å². The summed E-state index contributed by atoms with van der Waals surface area (Å²) >= 11 is 0. The third-order valence-corrected chi connectivity index (χ3v) is 5.56. The summed E-state index contributed by atoms with van der Waals surface area (Å²) in [4.78, 5) is 28.5. The number of carbonyl (C=O) groups excluding carboxylic acids is 1. The number of nitrogens with zero attached hydrogens (tertiary/aromatic N) is 1. The molecule has 1 aliphatic heterocycles. The van der Waals surface area contributed by atoms with Gasteiger partial charge in [0.15, 0.2) is 5.43 Å². The lowest BCUT2D eigenvalue weighted by atomic mass is 9.96. The van der Waals surface area contributed by atoms with Crippen LogP contribution < -0.4 is 5.43 Å². The molecule has 1 atom stereocenters. The van der Waals surface area contributed by atoms with Gasteiger partial charge in [0.2, 0.25) is 5.76 Å². The highest BCUT2D eigenvalue weighted by Crippen LogP contribution is 2.38. The van der Waals surface area contributed by atoms with Crippen LogP contribution in [0.3, 0.4) is 0 Å². The molecule has 144 valence electrons. The minimum absolute atomic E-state index is 0.0910. The summed E-state index contributed by atoms with van der Waals surface area (Å²) in [6, 6.07) is 11.5. The van der Waals surface area contributed by atoms with Crippen LogP contribution in [0.4, 0.5) is 0 Å². The smallest absolute Gasteiger partial charge is 0.290 e. The minimum Gasteiger partial charge on any atom is -0.450 e. The zero-order valence-electron chi connectivity index (χ0n) is 16.8. The van der Waals surface area contributed by atoms with Gasteiger partial charge in [-0.2, -0.15) is 0 Å². The van der Waals surface area contributed by atoms with Crippen molar-refractivity contribution in [2.45, 2.75) is 46.6 Å². The third-order valence-electron chi connectivity index (χ3n) is 5.56. The molecule has 1 aromatic heterocycles. The summed E-state index contributed by atoms with van der Waals surface area (Å²) in [5.41, 5.74) is 4.87. The average molecular weight is 375 g/mol. The van der Waals surface area contributed by atoms with Crippen molar-refractivity contribution in [3.8, 4) is 0 Å². The molecule has 0 fully saturated rings. The largest absolute Gasteiger partial charge is 0.450 e. The van der Waals surface area contributed by atoms with Crippen LogP contribution in [0.15, 0.2) is 45.6 Å². The van der Waals surface area contributed by atoms with E-state index in [1.807, 2.05) is 57.2 Å². The number of fused-ring (bicyclic) bond motifs is 2. The van der Waals surface area contributed by atoms with Crippen LogP contribution in [-0.2, 0) is 0 Å². The Morgan fingerprint density at radius 2 is 1.71 bits per heavy atom. The standard InChI is InChI=1S/C24H25NO3/c1-5-6-11-25-21(17-9-7-14(2)8-10-17)20-22(26)19-16(4)12-15(3)13-18(19)28-23(20)24(25)27/h7-10,12-13,21H,5-6,11H2,1-4H3. The third kappa shape index (κ3) is 2.84. The van der Waals surface area contributed by atoms with Gasteiger partial charge in [0, 0.05) is 6.54 Å². The first-order chi connectivity index (χ1) is 13.4. The van der Waals surface area contributed by atoms with E-state index < -0.39 is 6.04 Å². The van der Waals surface area contributed by atoms with Gasteiger partial charge in [-0.05, 0) is 49.9 Å². The predicted molar refractivity (Wildman–Crippen MR) is 111 cm³/mol. The van der Waals surface area contributed by atoms with Crippen molar-refractivity contribution in [2.24, 2.45) is 0 Å². The van der Waals surface area contributed by atoms with E-state index in [0.29, 0.717) is 23.1 Å². The number of unbranched alkanes of at least 4 members (excludes halogenated alkanes) is 1. The summed E-state index contributed by atoms with van der Waals surface area (Å²) in [5.74, 6) is 0.0105. The molecule has 0 bridgehead atoms. The molecule has 1 aliphatic rings. The van der Waals surface area contributed by atoms with E-state index in [-0.39, 0.29) is 17.1 Å². The van der Waals surface area contributed by atoms with Crippen molar-refractivity contribution in [2.75, 3.05) is 6.54 Å². The van der Waals surface area contributed by atoms with Gasteiger partial charge >= 0.3 is 0 Å². The van der Waals surface area contributed by atoms with E-state index in [1.54, 1.807) is 4.90 Å². The molecule has 0 saturated heterocycles. The molecule has 4 nitrogen and oxygen atoms in total. The number of carbonyl (C=O) groups is 1. The Labute approximate surface area is 164 Å². The second-order valence-corrected chi connectivity index (χ2v) is 7.79. The molecule has 2 aromatic carbocycles. The van der Waals surface area contributed by atoms with Crippen LogP contribution in [0.1, 0.15) is 64.2 Å². The van der Waals surface area contributed by atoms with Gasteiger partial charge in [0.1, 0.15) is 5.58 Å². The molecule has 1 amide bonds. The SMILES string of the molecule is CCCCN1C(=O)c2oc3cc(C)cc(C)c3c(=O)c2C1c1ccc(C)cc1. The molecular formula is C24H25NO3. The van der Waals surface area contributed by atoms with Gasteiger partial charge in [-0.3, -0.25) is 9.59 Å². The number of hydrogen-bond donors (Lipinski definition) is 0. The predicted octanol–water partition coefficient (Wildman–Crippen LogP) is 5.06. The zero-order chi connectivity index (χ0) is 20.0. The molecule has 3 aromatic rings. The maximum Gasteiger partial charge on any atom is 0.290 e. The Morgan fingerprint density at radius 1 is 1.00 bits per heavy atom. The zero-order valence-corrected chi connectivity index (χ0v) is 16.8. The molecule has 0 saturated carbocycles. The molecule has 0 spiro atoms. The van der Waals surface area contributed by atoms with Crippen molar-refractivity contribution in [3.63, 3.8) is 0 Å². The summed E-state index contributed by atoms with van der Waals surface area (Å²) < 4.78 is 6.05. The van der Waals surface area contributed by atoms with E-state index >= 15 is 0 Å². The topological polar surface area (TPSA) is 50.5 Å². The molecule has 2 heterocycles. The van der Waals surface area contributed by atoms with Crippen LogP contribution in [0.25, 0.3) is 11.0 Å². The first kappa shape index (κ1) is 18.5. The quantitative estimate of drug-likeness (QED) is 0.640. The number of hydrogen-bond acceptors (Lipinski definition) is 3. The fourth-order valence-corrected chi connectivity index (χ4v) is 4.17. The maximum absolute atomic E-state index is 13.5. The number of benzene rings is 2. The van der Waals surface area contributed by atoms with Gasteiger partial charge in [-0.25, -0.2) is 0 Å². The average Bonchev–Trinajstić information content (AvgIpc) is 2.92. The first-order valence-corrected chi connectivity index (χ1v) is 9.88. The maximum atomic E-state index is 13.5. The second kappa shape index (κ2) is 6.93. The molecule has 0 radical (unpaired) electrons. The van der Waals surface area contributed by atoms with Gasteiger partial charge in [0.25, 0.3) is 5.91 Å². The Balaban J connectivity index is 2.00. The van der Waals surface area contributed by atoms with Crippen molar-refractivity contribution < 1.29 is 9.21 Å². The highest BCUT2D eigenvalue weighted by molar-refractivity contribution is 5.99. The molecule has 0 N–H and O–H groups in total. The second-order valence-electron chi connectivity index (χ2n) is 7.79. The van der Waals surface area contributed by atoms with Gasteiger partial charge < -0.3 is 9.32 Å². The molecule has 1 unspecified atom stereocenters. The van der Waals surface area contributed by atoms with E-state index in [1.165, 1.54) is 0 Å². The monoisotopic (exact) mass is 375 g/mol. The lowest BCUT2D eigenvalue weighted by molar-refractivity contribution is 0.0725. The summed E-state index contributed by atoms with van der Waals surface area (Å²) in [7, 11) is 0. The fourth-order valence-electron chi connectivity index (χ4n) is 4.17. The van der Waals surface area contributed by atoms with E-state index in [2.05, 4.69) is 6.92 Å². The lowest BCUT2D eigenvalue weighted by Crippen LogP contribution is -2.30. The van der Waals surface area contributed by atoms with E-state index in [4.69, 9.17) is 4.42 Å². The van der Waals surface area contributed by atoms with Crippen LogP contribution in [-0.4, -0.2) is 17.4 Å². The summed E-state index contributed by atoms with van der Waals surface area (Å²) in [5, 5.41) is 0.576. The van der Waals surface area contributed by atoms with Crippen molar-refractivity contribution in [1.82, 2.24) is 4.90 Å². The fraction of sp³-hybridized carbons (Fsp3) is 0.333. The highest BCUT2D eigenvalue weighted by Gasteiger charge is 2.42. The van der Waals surface area contributed by atoms with Crippen LogP contribution in [0.2, 0.25) is 0 Å². The normalized spacial score (nSPS) is 16.1. The minimum atomic E-state index is -0.393. The number of aryl methyl sites for hydroxylation is 3.